The van der Waals surface area contributed by atoms with Gasteiger partial charge in [-0.15, -0.1) is 0 Å². The van der Waals surface area contributed by atoms with Gasteiger partial charge in [-0.05, 0) is 40.5 Å². The van der Waals surface area contributed by atoms with Crippen molar-refractivity contribution in [2.24, 2.45) is 5.92 Å². The first-order valence-electron chi connectivity index (χ1n) is 8.48. The van der Waals surface area contributed by atoms with Crippen LogP contribution in [0.1, 0.15) is 51.0 Å². The number of aliphatic carboxylic acids is 1. The van der Waals surface area contributed by atoms with Gasteiger partial charge in [-0.25, -0.2) is 8.42 Å². The molecular weight excluding hydrogens is 362 g/mol. The Labute approximate surface area is 152 Å². The average molecular weight is 387 g/mol. The lowest BCUT2D eigenvalue weighted by Crippen LogP contribution is -2.59. The van der Waals surface area contributed by atoms with Crippen molar-refractivity contribution < 1.29 is 27.6 Å². The normalized spacial score (nSPS) is 24.8. The van der Waals surface area contributed by atoms with Crippen molar-refractivity contribution in [3.05, 3.63) is 11.5 Å². The first-order chi connectivity index (χ1) is 12.0. The molecule has 3 unspecified atom stereocenters. The summed E-state index contributed by atoms with van der Waals surface area (Å²) in [5.41, 5.74) is -0.711. The number of amides is 1. The Morgan fingerprint density at radius 1 is 1.35 bits per heavy atom. The van der Waals surface area contributed by atoms with Crippen LogP contribution in [0, 0.1) is 19.8 Å². The first-order valence-corrected chi connectivity index (χ1v) is 9.96. The summed E-state index contributed by atoms with van der Waals surface area (Å²) < 4.78 is 32.2. The smallest absolute Gasteiger partial charge is 0.308 e. The van der Waals surface area contributed by atoms with Gasteiger partial charge in [-0.2, -0.15) is 4.72 Å². The van der Waals surface area contributed by atoms with E-state index >= 15 is 0 Å². The van der Waals surface area contributed by atoms with E-state index in [0.717, 1.165) is 12.8 Å². The van der Waals surface area contributed by atoms with Crippen molar-refractivity contribution in [2.45, 2.75) is 69.9 Å². The van der Waals surface area contributed by atoms with Crippen LogP contribution in [-0.2, 0) is 19.6 Å². The Bertz CT molecular complexity index is 783. The fraction of sp³-hybridized carbons (Fsp3) is 0.688. The van der Waals surface area contributed by atoms with Crippen LogP contribution in [0.25, 0.3) is 0 Å². The first kappa shape index (κ1) is 20.4. The number of nitrogens with one attached hydrogen (secondary N) is 2. The number of carbonyl (C=O) groups excluding carboxylic acids is 1. The van der Waals surface area contributed by atoms with Gasteiger partial charge in [-0.1, -0.05) is 18.0 Å². The van der Waals surface area contributed by atoms with Gasteiger partial charge >= 0.3 is 5.97 Å². The van der Waals surface area contributed by atoms with Crippen LogP contribution in [0.15, 0.2) is 9.42 Å². The van der Waals surface area contributed by atoms with Crippen molar-refractivity contribution in [2.75, 3.05) is 0 Å². The Balaban J connectivity index is 2.13. The van der Waals surface area contributed by atoms with Gasteiger partial charge in [-0.3, -0.25) is 9.59 Å². The molecule has 1 heterocycles. The van der Waals surface area contributed by atoms with Crippen LogP contribution >= 0.6 is 0 Å². The lowest BCUT2D eigenvalue weighted by atomic mass is 9.74. The predicted octanol–water partition coefficient (Wildman–Crippen LogP) is 1.11. The number of aryl methyl sites for hydroxylation is 2. The lowest BCUT2D eigenvalue weighted by molar-refractivity contribution is -0.146. The molecule has 2 rings (SSSR count). The molecule has 146 valence electrons. The quantitative estimate of drug-likeness (QED) is 0.664. The summed E-state index contributed by atoms with van der Waals surface area (Å²) >= 11 is 0. The maximum absolute atomic E-state index is 12.5. The highest BCUT2D eigenvalue weighted by molar-refractivity contribution is 7.89. The maximum Gasteiger partial charge on any atom is 0.308 e. The van der Waals surface area contributed by atoms with Gasteiger partial charge in [0.15, 0.2) is 5.76 Å². The molecule has 0 spiro atoms. The second kappa shape index (κ2) is 7.36. The van der Waals surface area contributed by atoms with E-state index in [-0.39, 0.29) is 16.3 Å². The van der Waals surface area contributed by atoms with E-state index in [1.54, 1.807) is 6.92 Å². The molecule has 1 aliphatic rings. The van der Waals surface area contributed by atoms with Gasteiger partial charge < -0.3 is 14.9 Å². The zero-order valence-electron chi connectivity index (χ0n) is 15.3. The fourth-order valence-corrected chi connectivity index (χ4v) is 5.00. The number of sulfonamides is 1. The molecule has 10 heteroatoms. The number of carboxylic acid groups (broad SMARTS) is 1. The number of carbonyl (C=O) groups is 2. The van der Waals surface area contributed by atoms with Crippen LogP contribution in [-0.4, -0.2) is 42.1 Å². The van der Waals surface area contributed by atoms with Crippen molar-refractivity contribution >= 4 is 21.9 Å². The third kappa shape index (κ3) is 4.07. The molecule has 1 aromatic rings. The predicted molar refractivity (Wildman–Crippen MR) is 91.9 cm³/mol. The van der Waals surface area contributed by atoms with Gasteiger partial charge in [0.05, 0.1) is 17.5 Å². The molecule has 0 radical (unpaired) electrons. The molecule has 3 atom stereocenters. The standard InChI is InChI=1S/C16H25N3O6S/c1-9-13(11(3)25-18-9)26(23,24)19-10(2)14(20)17-16(4)8-6-5-7-12(16)15(21)22/h10,12,19H,5-8H2,1-4H3,(H,17,20)(H,21,22). The molecule has 0 aliphatic heterocycles. The molecule has 0 saturated heterocycles. The number of hydrogen-bond donors (Lipinski definition) is 3. The molecule has 26 heavy (non-hydrogen) atoms. The highest BCUT2D eigenvalue weighted by atomic mass is 32.2. The molecule has 1 aliphatic carbocycles. The van der Waals surface area contributed by atoms with Gasteiger partial charge in [0, 0.05) is 0 Å². The average Bonchev–Trinajstić information content (AvgIpc) is 2.86. The van der Waals surface area contributed by atoms with E-state index in [2.05, 4.69) is 15.2 Å². The van der Waals surface area contributed by atoms with Crippen LogP contribution in [0.2, 0.25) is 0 Å². The Hall–Kier alpha value is -1.94. The number of nitrogens with zero attached hydrogens (tertiary/aromatic N) is 1. The fourth-order valence-electron chi connectivity index (χ4n) is 3.47. The molecular formula is C16H25N3O6S. The maximum atomic E-state index is 12.5. The third-order valence-electron chi connectivity index (χ3n) is 4.88. The van der Waals surface area contributed by atoms with E-state index in [1.807, 2.05) is 0 Å². The summed E-state index contributed by atoms with van der Waals surface area (Å²) in [6.45, 7) is 6.07. The van der Waals surface area contributed by atoms with Crippen molar-refractivity contribution in [3.63, 3.8) is 0 Å². The van der Waals surface area contributed by atoms with E-state index in [1.165, 1.54) is 20.8 Å². The van der Waals surface area contributed by atoms with Crippen molar-refractivity contribution in [1.29, 1.82) is 0 Å². The highest BCUT2D eigenvalue weighted by Gasteiger charge is 2.43. The van der Waals surface area contributed by atoms with Crippen LogP contribution < -0.4 is 10.0 Å². The van der Waals surface area contributed by atoms with Crippen LogP contribution in [0.3, 0.4) is 0 Å². The second-order valence-corrected chi connectivity index (χ2v) is 8.69. The van der Waals surface area contributed by atoms with E-state index in [0.29, 0.717) is 12.8 Å². The Kier molecular flexibility index (Phi) is 5.76. The molecule has 0 aromatic carbocycles. The van der Waals surface area contributed by atoms with E-state index in [4.69, 9.17) is 4.52 Å². The summed E-state index contributed by atoms with van der Waals surface area (Å²) in [4.78, 5) is 23.9. The number of rotatable bonds is 6. The second-order valence-electron chi connectivity index (χ2n) is 7.04. The van der Waals surface area contributed by atoms with Gasteiger partial charge in [0.1, 0.15) is 10.6 Å². The van der Waals surface area contributed by atoms with E-state index in [9.17, 15) is 23.1 Å². The SMILES string of the molecule is Cc1noc(C)c1S(=O)(=O)NC(C)C(=O)NC1(C)CCCCC1C(=O)O. The summed E-state index contributed by atoms with van der Waals surface area (Å²) in [5.74, 6) is -2.10. The third-order valence-corrected chi connectivity index (χ3v) is 6.66. The highest BCUT2D eigenvalue weighted by Crippen LogP contribution is 2.34. The molecule has 1 amide bonds. The Morgan fingerprint density at radius 3 is 2.54 bits per heavy atom. The van der Waals surface area contributed by atoms with Crippen LogP contribution in [0.4, 0.5) is 0 Å². The largest absolute Gasteiger partial charge is 0.481 e. The summed E-state index contributed by atoms with van der Waals surface area (Å²) in [6, 6.07) is -1.08. The number of carboxylic acids is 1. The summed E-state index contributed by atoms with van der Waals surface area (Å²) in [6.07, 6.45) is 2.60. The molecule has 1 fully saturated rings. The zero-order chi connectivity index (χ0) is 19.7. The molecule has 0 bridgehead atoms. The Morgan fingerprint density at radius 2 is 2.00 bits per heavy atom. The monoisotopic (exact) mass is 387 g/mol. The molecule has 3 N–H and O–H groups in total. The van der Waals surface area contributed by atoms with E-state index < -0.39 is 39.4 Å². The zero-order valence-corrected chi connectivity index (χ0v) is 16.1. The lowest BCUT2D eigenvalue weighted by Gasteiger charge is -2.40. The molecule has 1 aromatic heterocycles. The van der Waals surface area contributed by atoms with Crippen molar-refractivity contribution in [3.8, 4) is 0 Å². The van der Waals surface area contributed by atoms with Gasteiger partial charge in [0.25, 0.3) is 0 Å². The minimum absolute atomic E-state index is 0.0931. The van der Waals surface area contributed by atoms with Gasteiger partial charge in [0.2, 0.25) is 15.9 Å². The minimum Gasteiger partial charge on any atom is -0.481 e. The molecule has 9 nitrogen and oxygen atoms in total. The topological polar surface area (TPSA) is 139 Å². The summed E-state index contributed by atoms with van der Waals surface area (Å²) in [7, 11) is -4.00. The van der Waals surface area contributed by atoms with Crippen molar-refractivity contribution in [1.82, 2.24) is 15.2 Å². The number of hydrogen-bond acceptors (Lipinski definition) is 6. The summed E-state index contributed by atoms with van der Waals surface area (Å²) in [5, 5.41) is 15.8. The molecule has 1 saturated carbocycles. The number of aromatic nitrogens is 1. The van der Waals surface area contributed by atoms with Crippen LogP contribution in [0.5, 0.6) is 0 Å². The minimum atomic E-state index is -4.00.